The van der Waals surface area contributed by atoms with Gasteiger partial charge in [0, 0.05) is 26.0 Å². The molecule has 0 aliphatic rings. The van der Waals surface area contributed by atoms with E-state index in [2.05, 4.69) is 19.9 Å². The van der Waals surface area contributed by atoms with E-state index in [1.807, 2.05) is 11.9 Å². The molecule has 2 heterocycles. The molecule has 0 aromatic carbocycles. The van der Waals surface area contributed by atoms with E-state index in [-0.39, 0.29) is 11.4 Å². The molecule has 1 N–H and O–H groups in total. The van der Waals surface area contributed by atoms with Crippen molar-refractivity contribution in [1.29, 1.82) is 0 Å². The van der Waals surface area contributed by atoms with Crippen LogP contribution < -0.4 is 4.90 Å². The number of aliphatic hydroxyl groups excluding tert-OH is 1. The molecule has 8 heteroatoms. The highest BCUT2D eigenvalue weighted by atomic mass is 35.5. The van der Waals surface area contributed by atoms with Crippen molar-refractivity contribution in [2.24, 2.45) is 0 Å². The van der Waals surface area contributed by atoms with Crippen molar-refractivity contribution < 1.29 is 5.11 Å². The quantitative estimate of drug-likeness (QED) is 0.878. The van der Waals surface area contributed by atoms with Gasteiger partial charge in [0.1, 0.15) is 6.33 Å². The van der Waals surface area contributed by atoms with Crippen LogP contribution in [0.1, 0.15) is 13.3 Å². The van der Waals surface area contributed by atoms with Gasteiger partial charge in [-0.3, -0.25) is 4.57 Å². The summed E-state index contributed by atoms with van der Waals surface area (Å²) in [5, 5.41) is 9.41. The second kappa shape index (κ2) is 5.94. The smallest absolute Gasteiger partial charge is 0.241 e. The zero-order chi connectivity index (χ0) is 13.8. The number of nitrogens with zero attached hydrogens (tertiary/aromatic N) is 6. The van der Waals surface area contributed by atoms with E-state index in [0.717, 1.165) is 0 Å². The van der Waals surface area contributed by atoms with E-state index in [1.54, 1.807) is 30.2 Å². The lowest BCUT2D eigenvalue weighted by atomic mass is 10.3. The maximum atomic E-state index is 9.29. The van der Waals surface area contributed by atoms with Gasteiger partial charge in [0.15, 0.2) is 0 Å². The fourth-order valence-corrected chi connectivity index (χ4v) is 1.62. The second-order valence-electron chi connectivity index (χ2n) is 4.23. The minimum Gasteiger partial charge on any atom is -0.393 e. The van der Waals surface area contributed by atoms with Gasteiger partial charge in [-0.15, -0.1) is 0 Å². The maximum absolute atomic E-state index is 9.29. The highest BCUT2D eigenvalue weighted by molar-refractivity contribution is 6.28. The van der Waals surface area contributed by atoms with Crippen molar-refractivity contribution in [3.63, 3.8) is 0 Å². The zero-order valence-corrected chi connectivity index (χ0v) is 11.5. The molecular formula is C11H15ClN6O. The monoisotopic (exact) mass is 282 g/mol. The number of rotatable bonds is 5. The van der Waals surface area contributed by atoms with Crippen LogP contribution in [0.2, 0.25) is 5.28 Å². The Labute approximate surface area is 115 Å². The Balaban J connectivity index is 2.21. The summed E-state index contributed by atoms with van der Waals surface area (Å²) in [6, 6.07) is 0. The first-order valence-electron chi connectivity index (χ1n) is 5.85. The molecule has 0 fully saturated rings. The third-order valence-electron chi connectivity index (χ3n) is 2.54. The van der Waals surface area contributed by atoms with Gasteiger partial charge < -0.3 is 10.0 Å². The van der Waals surface area contributed by atoms with Gasteiger partial charge in [-0.05, 0) is 24.9 Å². The van der Waals surface area contributed by atoms with Gasteiger partial charge in [-0.2, -0.15) is 15.0 Å². The Bertz CT molecular complexity index is 530. The number of hydrogen-bond acceptors (Lipinski definition) is 6. The Morgan fingerprint density at radius 3 is 2.84 bits per heavy atom. The first-order chi connectivity index (χ1) is 9.06. The summed E-state index contributed by atoms with van der Waals surface area (Å²) >= 11 is 5.90. The molecular weight excluding hydrogens is 268 g/mol. The van der Waals surface area contributed by atoms with E-state index in [1.165, 1.54) is 0 Å². The summed E-state index contributed by atoms with van der Waals surface area (Å²) in [6.45, 7) is 2.37. The van der Waals surface area contributed by atoms with E-state index in [9.17, 15) is 5.11 Å². The van der Waals surface area contributed by atoms with Crippen molar-refractivity contribution in [2.75, 3.05) is 18.5 Å². The summed E-state index contributed by atoms with van der Waals surface area (Å²) in [6.07, 6.45) is 5.21. The molecule has 0 spiro atoms. The fraction of sp³-hybridized carbons (Fsp3) is 0.455. The van der Waals surface area contributed by atoms with Gasteiger partial charge in [0.05, 0.1) is 6.10 Å². The van der Waals surface area contributed by atoms with E-state index in [4.69, 9.17) is 11.6 Å². The topological polar surface area (TPSA) is 80.0 Å². The molecule has 7 nitrogen and oxygen atoms in total. The molecule has 2 aromatic rings. The highest BCUT2D eigenvalue weighted by Gasteiger charge is 2.11. The first kappa shape index (κ1) is 13.7. The van der Waals surface area contributed by atoms with Crippen molar-refractivity contribution in [1.82, 2.24) is 24.5 Å². The minimum atomic E-state index is -0.368. The molecule has 0 aliphatic carbocycles. The van der Waals surface area contributed by atoms with E-state index >= 15 is 0 Å². The Morgan fingerprint density at radius 2 is 2.21 bits per heavy atom. The van der Waals surface area contributed by atoms with Gasteiger partial charge in [-0.1, -0.05) is 0 Å². The van der Waals surface area contributed by atoms with Crippen LogP contribution in [0.5, 0.6) is 0 Å². The molecule has 0 saturated heterocycles. The largest absolute Gasteiger partial charge is 0.393 e. The number of anilines is 1. The lowest BCUT2D eigenvalue weighted by molar-refractivity contribution is 0.186. The van der Waals surface area contributed by atoms with Crippen LogP contribution in [-0.2, 0) is 0 Å². The van der Waals surface area contributed by atoms with Gasteiger partial charge in [0.2, 0.25) is 17.2 Å². The van der Waals surface area contributed by atoms with Crippen LogP contribution in [0.4, 0.5) is 5.95 Å². The molecule has 1 atom stereocenters. The molecule has 102 valence electrons. The Kier molecular flexibility index (Phi) is 4.28. The van der Waals surface area contributed by atoms with Crippen molar-refractivity contribution >= 4 is 17.5 Å². The summed E-state index contributed by atoms with van der Waals surface area (Å²) in [7, 11) is 1.84. The van der Waals surface area contributed by atoms with E-state index < -0.39 is 0 Å². The number of aromatic nitrogens is 5. The van der Waals surface area contributed by atoms with Crippen LogP contribution in [-0.4, -0.2) is 49.3 Å². The average molecular weight is 283 g/mol. The molecule has 19 heavy (non-hydrogen) atoms. The number of hydrogen-bond donors (Lipinski definition) is 1. The molecule has 2 rings (SSSR count). The summed E-state index contributed by atoms with van der Waals surface area (Å²) < 4.78 is 1.65. The summed E-state index contributed by atoms with van der Waals surface area (Å²) in [5.74, 6) is 0.876. The van der Waals surface area contributed by atoms with Crippen molar-refractivity contribution in [2.45, 2.75) is 19.4 Å². The zero-order valence-electron chi connectivity index (χ0n) is 10.7. The molecule has 0 saturated carbocycles. The van der Waals surface area contributed by atoms with E-state index in [0.29, 0.717) is 24.9 Å². The fourth-order valence-electron chi connectivity index (χ4n) is 1.47. The van der Waals surface area contributed by atoms with Crippen molar-refractivity contribution in [3.8, 4) is 5.95 Å². The van der Waals surface area contributed by atoms with Crippen LogP contribution in [0.15, 0.2) is 18.7 Å². The van der Waals surface area contributed by atoms with Crippen LogP contribution in [0, 0.1) is 0 Å². The third-order valence-corrected chi connectivity index (χ3v) is 2.71. The minimum absolute atomic E-state index is 0.123. The Morgan fingerprint density at radius 1 is 1.42 bits per heavy atom. The summed E-state index contributed by atoms with van der Waals surface area (Å²) in [4.78, 5) is 18.2. The van der Waals surface area contributed by atoms with Crippen LogP contribution in [0.25, 0.3) is 5.95 Å². The molecule has 0 aliphatic heterocycles. The summed E-state index contributed by atoms with van der Waals surface area (Å²) in [5.41, 5.74) is 0. The predicted octanol–water partition coefficient (Wildman–Crippen LogP) is 0.918. The Hall–Kier alpha value is -1.73. The predicted molar refractivity (Wildman–Crippen MR) is 71.5 cm³/mol. The molecule has 0 radical (unpaired) electrons. The SMILES string of the molecule is CC(O)CCN(C)c1nc(Cl)nc(-n2ccnc2)n1. The standard InChI is InChI=1S/C11H15ClN6O/c1-8(19)3-5-17(2)10-14-9(12)15-11(16-10)18-6-4-13-7-18/h4,6-8,19H,3,5H2,1-2H3. The lowest BCUT2D eigenvalue weighted by Gasteiger charge is -2.18. The molecule has 2 aromatic heterocycles. The number of halogens is 1. The van der Waals surface area contributed by atoms with Gasteiger partial charge in [0.25, 0.3) is 0 Å². The molecule has 0 bridgehead atoms. The molecule has 1 unspecified atom stereocenters. The normalized spacial score (nSPS) is 12.4. The lowest BCUT2D eigenvalue weighted by Crippen LogP contribution is -2.24. The van der Waals surface area contributed by atoms with Crippen LogP contribution in [0.3, 0.4) is 0 Å². The van der Waals surface area contributed by atoms with Gasteiger partial charge >= 0.3 is 0 Å². The van der Waals surface area contributed by atoms with Crippen LogP contribution >= 0.6 is 11.6 Å². The number of imidazole rings is 1. The van der Waals surface area contributed by atoms with Gasteiger partial charge in [-0.25, -0.2) is 4.98 Å². The second-order valence-corrected chi connectivity index (χ2v) is 4.57. The highest BCUT2D eigenvalue weighted by Crippen LogP contribution is 2.12. The molecule has 0 amide bonds. The maximum Gasteiger partial charge on any atom is 0.241 e. The van der Waals surface area contributed by atoms with Crippen molar-refractivity contribution in [3.05, 3.63) is 24.0 Å². The number of aliphatic hydroxyl groups is 1. The third kappa shape index (κ3) is 3.62. The first-order valence-corrected chi connectivity index (χ1v) is 6.23. The average Bonchev–Trinajstić information content (AvgIpc) is 2.89.